The van der Waals surface area contributed by atoms with Crippen LogP contribution in [0.2, 0.25) is 0 Å². The largest absolute Gasteiger partial charge is 0.507 e. The second kappa shape index (κ2) is 9.79. The molecule has 2 aromatic heterocycles. The number of aryl methyl sites for hydroxylation is 1. The van der Waals surface area contributed by atoms with Crippen molar-refractivity contribution in [1.82, 2.24) is 9.88 Å². The number of carbonyl (C=O) groups is 1. The Hall–Kier alpha value is -3.23. The van der Waals surface area contributed by atoms with Gasteiger partial charge in [0.2, 0.25) is 11.2 Å². The van der Waals surface area contributed by atoms with Crippen LogP contribution in [0.4, 0.5) is 0 Å². The summed E-state index contributed by atoms with van der Waals surface area (Å²) in [6.45, 7) is 6.05. The van der Waals surface area contributed by atoms with Gasteiger partial charge in [0.1, 0.15) is 21.9 Å². The van der Waals surface area contributed by atoms with Gasteiger partial charge in [0.05, 0.1) is 27.8 Å². The van der Waals surface area contributed by atoms with Gasteiger partial charge < -0.3 is 14.3 Å². The van der Waals surface area contributed by atoms with Crippen LogP contribution in [0.5, 0.6) is 5.75 Å². The van der Waals surface area contributed by atoms with Crippen molar-refractivity contribution < 1.29 is 19.1 Å². The number of nitrogens with zero attached hydrogens (tertiary/aromatic N) is 2. The molecular weight excluding hydrogens is 464 g/mol. The fourth-order valence-corrected chi connectivity index (χ4v) is 5.72. The number of phenols is 1. The van der Waals surface area contributed by atoms with Gasteiger partial charge in [0.15, 0.2) is 0 Å². The number of ether oxygens (including phenoxy) is 1. The van der Waals surface area contributed by atoms with Gasteiger partial charge in [-0.2, -0.15) is 0 Å². The predicted octanol–water partition coefficient (Wildman–Crippen LogP) is 5.50. The molecule has 1 aliphatic heterocycles. The van der Waals surface area contributed by atoms with Crippen molar-refractivity contribution in [2.45, 2.75) is 46.1 Å². The highest BCUT2D eigenvalue weighted by Gasteiger charge is 2.28. The molecule has 3 heterocycles. The van der Waals surface area contributed by atoms with Crippen molar-refractivity contribution in [3.8, 4) is 16.3 Å². The number of aromatic hydroxyl groups is 1. The van der Waals surface area contributed by atoms with Gasteiger partial charge in [0.25, 0.3) is 0 Å². The molecule has 4 aromatic rings. The zero-order valence-corrected chi connectivity index (χ0v) is 20.7. The number of esters is 1. The zero-order chi connectivity index (χ0) is 24.5. The first-order valence-corrected chi connectivity index (χ1v) is 12.9. The third-order valence-electron chi connectivity index (χ3n) is 6.51. The van der Waals surface area contributed by atoms with E-state index < -0.39 is 5.97 Å². The maximum Gasteiger partial charge on any atom is 0.375 e. The molecule has 182 valence electrons. The van der Waals surface area contributed by atoms with Crippen LogP contribution in [-0.4, -0.2) is 40.7 Å². The highest BCUT2D eigenvalue weighted by Crippen LogP contribution is 2.37. The first-order valence-electron chi connectivity index (χ1n) is 12.1. The van der Waals surface area contributed by atoms with Crippen molar-refractivity contribution in [2.75, 3.05) is 19.7 Å². The summed E-state index contributed by atoms with van der Waals surface area (Å²) in [7, 11) is 0. The highest BCUT2D eigenvalue weighted by atomic mass is 32.1. The van der Waals surface area contributed by atoms with Crippen molar-refractivity contribution >= 4 is 38.5 Å². The molecule has 5 rings (SSSR count). The highest BCUT2D eigenvalue weighted by molar-refractivity contribution is 7.21. The topological polar surface area (TPSA) is 92.9 Å². The second-order valence-electron chi connectivity index (χ2n) is 8.77. The van der Waals surface area contributed by atoms with Crippen molar-refractivity contribution in [1.29, 1.82) is 0 Å². The summed E-state index contributed by atoms with van der Waals surface area (Å²) in [6.07, 6.45) is 3.92. The summed E-state index contributed by atoms with van der Waals surface area (Å²) < 4.78 is 12.4. The molecule has 1 aliphatic rings. The summed E-state index contributed by atoms with van der Waals surface area (Å²) in [5, 5.41) is 11.9. The Morgan fingerprint density at radius 3 is 2.69 bits per heavy atom. The number of fused-ring (bicyclic) bond motifs is 2. The monoisotopic (exact) mass is 492 g/mol. The number of hydrogen-bond acceptors (Lipinski definition) is 8. The summed E-state index contributed by atoms with van der Waals surface area (Å²) in [4.78, 5) is 33.8. The normalized spacial score (nSPS) is 14.6. The molecule has 35 heavy (non-hydrogen) atoms. The summed E-state index contributed by atoms with van der Waals surface area (Å²) >= 11 is 1.33. The van der Waals surface area contributed by atoms with E-state index >= 15 is 0 Å². The fourth-order valence-electron chi connectivity index (χ4n) is 4.72. The molecule has 0 amide bonds. The van der Waals surface area contributed by atoms with Crippen molar-refractivity contribution in [2.24, 2.45) is 0 Å². The van der Waals surface area contributed by atoms with E-state index in [2.05, 4.69) is 9.88 Å². The standard InChI is InChI=1S/C27H28N2O5S/c1-3-16-14-17-23(31)21(26-28-19-10-6-7-11-20(19)35-26)25(27(32)33-4-2)34-24(17)18(22(16)30)15-29-12-8-5-9-13-29/h6-7,10-11,14,30H,3-5,8-9,12-13,15H2,1-2H3. The molecule has 1 saturated heterocycles. The minimum Gasteiger partial charge on any atom is -0.507 e. The van der Waals surface area contributed by atoms with Gasteiger partial charge in [-0.1, -0.05) is 25.5 Å². The lowest BCUT2D eigenvalue weighted by atomic mass is 9.99. The fraction of sp³-hybridized carbons (Fsp3) is 0.370. The number of phenolic OH excluding ortho intramolecular Hbond substituents is 1. The zero-order valence-electron chi connectivity index (χ0n) is 19.9. The van der Waals surface area contributed by atoms with E-state index in [0.29, 0.717) is 34.5 Å². The van der Waals surface area contributed by atoms with E-state index in [-0.39, 0.29) is 34.7 Å². The average Bonchev–Trinajstić information content (AvgIpc) is 3.30. The number of para-hydroxylation sites is 1. The number of hydrogen-bond donors (Lipinski definition) is 1. The molecule has 8 heteroatoms. The van der Waals surface area contributed by atoms with Gasteiger partial charge in [-0.3, -0.25) is 9.69 Å². The smallest absolute Gasteiger partial charge is 0.375 e. The first kappa shape index (κ1) is 23.5. The van der Waals surface area contributed by atoms with Gasteiger partial charge in [-0.15, -0.1) is 11.3 Å². The van der Waals surface area contributed by atoms with Gasteiger partial charge in [-0.05, 0) is 63.0 Å². The van der Waals surface area contributed by atoms with Crippen LogP contribution >= 0.6 is 11.3 Å². The SMILES string of the molecule is CCOC(=O)c1oc2c(CN3CCCCC3)c(O)c(CC)cc2c(=O)c1-c1nc2ccccc2s1. The van der Waals surface area contributed by atoms with Crippen LogP contribution in [0, 0.1) is 0 Å². The summed E-state index contributed by atoms with van der Waals surface area (Å²) in [5.74, 6) is -0.771. The number of aromatic nitrogens is 1. The van der Waals surface area contributed by atoms with Crippen LogP contribution in [0.25, 0.3) is 31.8 Å². The Labute approximate surface area is 207 Å². The molecule has 0 atom stereocenters. The molecule has 1 fully saturated rings. The average molecular weight is 493 g/mol. The van der Waals surface area contributed by atoms with Gasteiger partial charge >= 0.3 is 5.97 Å². The van der Waals surface area contributed by atoms with Crippen LogP contribution < -0.4 is 5.43 Å². The minimum atomic E-state index is -0.719. The van der Waals surface area contributed by atoms with Crippen molar-refractivity contribution in [3.63, 3.8) is 0 Å². The Morgan fingerprint density at radius 2 is 1.97 bits per heavy atom. The molecular formula is C27H28N2O5S. The van der Waals surface area contributed by atoms with Crippen LogP contribution in [0.3, 0.4) is 0 Å². The molecule has 0 spiro atoms. The Balaban J connectivity index is 1.79. The molecule has 0 radical (unpaired) electrons. The third kappa shape index (κ3) is 4.32. The van der Waals surface area contributed by atoms with Gasteiger partial charge in [0, 0.05) is 6.54 Å². The molecule has 0 bridgehead atoms. The summed E-state index contributed by atoms with van der Waals surface area (Å²) in [6, 6.07) is 9.26. The molecule has 7 nitrogen and oxygen atoms in total. The van der Waals surface area contributed by atoms with E-state index in [4.69, 9.17) is 9.15 Å². The van der Waals surface area contributed by atoms with Crippen molar-refractivity contribution in [3.05, 3.63) is 57.4 Å². The van der Waals surface area contributed by atoms with E-state index in [1.54, 1.807) is 13.0 Å². The Kier molecular flexibility index (Phi) is 6.58. The number of rotatable bonds is 6. The van der Waals surface area contributed by atoms with Crippen LogP contribution in [0.15, 0.2) is 39.5 Å². The van der Waals surface area contributed by atoms with E-state index in [9.17, 15) is 14.7 Å². The first-order chi connectivity index (χ1) is 17.0. The lowest BCUT2D eigenvalue weighted by Crippen LogP contribution is -2.29. The van der Waals surface area contributed by atoms with E-state index in [1.165, 1.54) is 17.8 Å². The predicted molar refractivity (Wildman–Crippen MR) is 137 cm³/mol. The molecule has 1 N–H and O–H groups in total. The van der Waals surface area contributed by atoms with E-state index in [1.807, 2.05) is 31.2 Å². The number of thiazole rings is 1. The number of likely N-dealkylation sites (tertiary alicyclic amines) is 1. The number of carbonyl (C=O) groups excluding carboxylic acids is 1. The number of piperidine rings is 1. The van der Waals surface area contributed by atoms with Crippen LogP contribution in [-0.2, 0) is 17.7 Å². The number of benzene rings is 2. The molecule has 0 unspecified atom stereocenters. The van der Waals surface area contributed by atoms with Gasteiger partial charge in [-0.25, -0.2) is 9.78 Å². The minimum absolute atomic E-state index is 0.105. The molecule has 0 aliphatic carbocycles. The quantitative estimate of drug-likeness (QED) is 0.355. The Bertz CT molecular complexity index is 1430. The van der Waals surface area contributed by atoms with E-state index in [0.717, 1.165) is 36.1 Å². The lowest BCUT2D eigenvalue weighted by Gasteiger charge is -2.27. The molecule has 0 saturated carbocycles. The second-order valence-corrected chi connectivity index (χ2v) is 9.80. The maximum absolute atomic E-state index is 14.0. The lowest BCUT2D eigenvalue weighted by molar-refractivity contribution is 0.0492. The summed E-state index contributed by atoms with van der Waals surface area (Å²) in [5.41, 5.74) is 1.96. The molecule has 2 aromatic carbocycles. The Morgan fingerprint density at radius 1 is 1.20 bits per heavy atom. The third-order valence-corrected chi connectivity index (χ3v) is 7.56. The van der Waals surface area contributed by atoms with Crippen LogP contribution in [0.1, 0.15) is 54.8 Å². The maximum atomic E-state index is 14.0.